The van der Waals surface area contributed by atoms with E-state index in [0.717, 1.165) is 0 Å². The molecule has 2 amide bonds. The van der Waals surface area contributed by atoms with Crippen molar-refractivity contribution >= 4 is 11.8 Å². The summed E-state index contributed by atoms with van der Waals surface area (Å²) in [6, 6.07) is -0.310. The van der Waals surface area contributed by atoms with Gasteiger partial charge in [-0.2, -0.15) is 0 Å². The lowest BCUT2D eigenvalue weighted by Gasteiger charge is -2.39. The molecule has 104 valence electrons. The first-order chi connectivity index (χ1) is 9.00. The van der Waals surface area contributed by atoms with E-state index in [1.807, 2.05) is 11.9 Å². The molecular formula is C12H18N4O3. The molecule has 1 aliphatic heterocycles. The minimum atomic E-state index is -0.310. The molecule has 7 nitrogen and oxygen atoms in total. The second-order valence-electron chi connectivity index (χ2n) is 4.85. The summed E-state index contributed by atoms with van der Waals surface area (Å²) in [4.78, 5) is 33.1. The molecule has 1 atom stereocenters. The van der Waals surface area contributed by atoms with E-state index >= 15 is 0 Å². The standard InChI is InChI=1S/C12H18N4O3/c1-14(2)11(17)9-7-16(5-4-15(9)3)12(18)10-6-13-8-19-10/h6,8-9H,4-5,7H2,1-3H3. The average molecular weight is 266 g/mol. The Bertz CT molecular complexity index is 458. The molecule has 0 N–H and O–H groups in total. The van der Waals surface area contributed by atoms with Gasteiger partial charge in [-0.1, -0.05) is 0 Å². The first-order valence-electron chi connectivity index (χ1n) is 6.10. The van der Waals surface area contributed by atoms with Crippen LogP contribution in [-0.2, 0) is 4.79 Å². The molecule has 1 unspecified atom stereocenters. The number of piperazine rings is 1. The van der Waals surface area contributed by atoms with Crippen molar-refractivity contribution in [3.63, 3.8) is 0 Å². The van der Waals surface area contributed by atoms with E-state index in [1.165, 1.54) is 12.6 Å². The van der Waals surface area contributed by atoms with Crippen LogP contribution >= 0.6 is 0 Å². The Morgan fingerprint density at radius 2 is 2.16 bits per heavy atom. The second kappa shape index (κ2) is 5.40. The summed E-state index contributed by atoms with van der Waals surface area (Å²) in [5.41, 5.74) is 0. The van der Waals surface area contributed by atoms with Crippen molar-refractivity contribution in [2.75, 3.05) is 40.8 Å². The highest BCUT2D eigenvalue weighted by Gasteiger charge is 2.34. The number of rotatable bonds is 2. The Hall–Kier alpha value is -1.89. The van der Waals surface area contributed by atoms with Crippen LogP contribution in [0.25, 0.3) is 0 Å². The van der Waals surface area contributed by atoms with E-state index in [0.29, 0.717) is 19.6 Å². The minimum absolute atomic E-state index is 0.00225. The van der Waals surface area contributed by atoms with Crippen LogP contribution in [0.5, 0.6) is 0 Å². The molecule has 0 spiro atoms. The third kappa shape index (κ3) is 2.76. The summed E-state index contributed by atoms with van der Waals surface area (Å²) in [5.74, 6) is -0.0136. The molecule has 1 aromatic rings. The quantitative estimate of drug-likeness (QED) is 0.723. The first-order valence-corrected chi connectivity index (χ1v) is 6.10. The van der Waals surface area contributed by atoms with Gasteiger partial charge >= 0.3 is 0 Å². The van der Waals surface area contributed by atoms with Crippen LogP contribution in [0.3, 0.4) is 0 Å². The number of aromatic nitrogens is 1. The van der Waals surface area contributed by atoms with Crippen molar-refractivity contribution in [1.82, 2.24) is 19.7 Å². The highest BCUT2D eigenvalue weighted by Crippen LogP contribution is 2.13. The van der Waals surface area contributed by atoms with Crippen molar-refractivity contribution in [3.05, 3.63) is 18.4 Å². The van der Waals surface area contributed by atoms with Crippen LogP contribution in [0.2, 0.25) is 0 Å². The maximum Gasteiger partial charge on any atom is 0.291 e. The van der Waals surface area contributed by atoms with E-state index in [2.05, 4.69) is 4.98 Å². The third-order valence-electron chi connectivity index (χ3n) is 3.30. The number of amides is 2. The number of oxazole rings is 1. The molecular weight excluding hydrogens is 248 g/mol. The van der Waals surface area contributed by atoms with E-state index < -0.39 is 0 Å². The second-order valence-corrected chi connectivity index (χ2v) is 4.85. The molecule has 0 aliphatic carbocycles. The van der Waals surface area contributed by atoms with E-state index in [-0.39, 0.29) is 23.6 Å². The summed E-state index contributed by atoms with van der Waals surface area (Å²) in [7, 11) is 5.32. The molecule has 19 heavy (non-hydrogen) atoms. The third-order valence-corrected chi connectivity index (χ3v) is 3.30. The molecule has 1 fully saturated rings. The van der Waals surface area contributed by atoms with E-state index in [4.69, 9.17) is 4.42 Å². The van der Waals surface area contributed by atoms with Gasteiger partial charge in [0.1, 0.15) is 6.04 Å². The fourth-order valence-electron chi connectivity index (χ4n) is 2.10. The van der Waals surface area contributed by atoms with Gasteiger partial charge in [-0.15, -0.1) is 0 Å². The van der Waals surface area contributed by atoms with Gasteiger partial charge < -0.3 is 14.2 Å². The van der Waals surface area contributed by atoms with Crippen LogP contribution in [0.1, 0.15) is 10.6 Å². The van der Waals surface area contributed by atoms with Crippen LogP contribution in [0, 0.1) is 0 Å². The smallest absolute Gasteiger partial charge is 0.291 e. The predicted molar refractivity (Wildman–Crippen MR) is 67.5 cm³/mol. The molecule has 1 aliphatic rings. The highest BCUT2D eigenvalue weighted by atomic mass is 16.3. The summed E-state index contributed by atoms with van der Waals surface area (Å²) in [5, 5.41) is 0. The zero-order chi connectivity index (χ0) is 14.0. The predicted octanol–water partition coefficient (Wildman–Crippen LogP) is -0.481. The number of carbonyl (C=O) groups excluding carboxylic acids is 2. The normalized spacial score (nSPS) is 20.4. The Kier molecular flexibility index (Phi) is 3.84. The monoisotopic (exact) mass is 266 g/mol. The number of hydrogen-bond donors (Lipinski definition) is 0. The van der Waals surface area contributed by atoms with Gasteiger partial charge in [0.25, 0.3) is 5.91 Å². The van der Waals surface area contributed by atoms with Crippen molar-refractivity contribution in [2.24, 2.45) is 0 Å². The Balaban J connectivity index is 2.09. The van der Waals surface area contributed by atoms with Gasteiger partial charge in [0.15, 0.2) is 6.39 Å². The summed E-state index contributed by atoms with van der Waals surface area (Å²) in [6.45, 7) is 1.60. The van der Waals surface area contributed by atoms with Crippen LogP contribution in [0.4, 0.5) is 0 Å². The van der Waals surface area contributed by atoms with Crippen LogP contribution in [0.15, 0.2) is 17.0 Å². The Morgan fingerprint density at radius 3 is 2.74 bits per heavy atom. The fraction of sp³-hybridized carbons (Fsp3) is 0.583. The van der Waals surface area contributed by atoms with Gasteiger partial charge in [-0.05, 0) is 7.05 Å². The van der Waals surface area contributed by atoms with Gasteiger partial charge in [0, 0.05) is 33.7 Å². The van der Waals surface area contributed by atoms with Gasteiger partial charge in [-0.3, -0.25) is 14.5 Å². The fourth-order valence-corrected chi connectivity index (χ4v) is 2.10. The van der Waals surface area contributed by atoms with Crippen LogP contribution in [-0.4, -0.2) is 78.3 Å². The van der Waals surface area contributed by atoms with Crippen LogP contribution < -0.4 is 0 Å². The zero-order valence-corrected chi connectivity index (χ0v) is 11.4. The van der Waals surface area contributed by atoms with Gasteiger partial charge in [-0.25, -0.2) is 4.98 Å². The molecule has 0 bridgehead atoms. The topological polar surface area (TPSA) is 69.9 Å². The average Bonchev–Trinajstić information content (AvgIpc) is 2.91. The zero-order valence-electron chi connectivity index (χ0n) is 11.4. The molecule has 2 heterocycles. The number of carbonyl (C=O) groups is 2. The number of likely N-dealkylation sites (N-methyl/N-ethyl adjacent to an activating group) is 2. The van der Waals surface area contributed by atoms with Crippen molar-refractivity contribution in [1.29, 1.82) is 0 Å². The van der Waals surface area contributed by atoms with E-state index in [9.17, 15) is 9.59 Å². The van der Waals surface area contributed by atoms with E-state index in [1.54, 1.807) is 23.9 Å². The van der Waals surface area contributed by atoms with Crippen molar-refractivity contribution < 1.29 is 14.0 Å². The molecule has 0 aromatic carbocycles. The summed E-state index contributed by atoms with van der Waals surface area (Å²) < 4.78 is 5.01. The maximum absolute atomic E-state index is 12.2. The lowest BCUT2D eigenvalue weighted by molar-refractivity contribution is -0.135. The SMILES string of the molecule is CN(C)C(=O)C1CN(C(=O)c2cnco2)CCN1C. The van der Waals surface area contributed by atoms with Crippen molar-refractivity contribution in [2.45, 2.75) is 6.04 Å². The summed E-state index contributed by atoms with van der Waals surface area (Å²) >= 11 is 0. The van der Waals surface area contributed by atoms with Gasteiger partial charge in [0.05, 0.1) is 6.20 Å². The first kappa shape index (κ1) is 13.5. The molecule has 0 radical (unpaired) electrons. The summed E-state index contributed by atoms with van der Waals surface area (Å²) in [6.07, 6.45) is 2.62. The molecule has 1 aromatic heterocycles. The highest BCUT2D eigenvalue weighted by molar-refractivity contribution is 5.92. The molecule has 2 rings (SSSR count). The molecule has 1 saturated heterocycles. The Morgan fingerprint density at radius 1 is 1.42 bits per heavy atom. The minimum Gasteiger partial charge on any atom is -0.438 e. The molecule has 7 heteroatoms. The van der Waals surface area contributed by atoms with Crippen molar-refractivity contribution in [3.8, 4) is 0 Å². The number of hydrogen-bond acceptors (Lipinski definition) is 5. The lowest BCUT2D eigenvalue weighted by atomic mass is 10.1. The molecule has 0 saturated carbocycles. The number of nitrogens with zero attached hydrogens (tertiary/aromatic N) is 4. The largest absolute Gasteiger partial charge is 0.438 e. The Labute approximate surface area is 111 Å². The van der Waals surface area contributed by atoms with Gasteiger partial charge in [0.2, 0.25) is 11.7 Å². The maximum atomic E-state index is 12.2. The lowest BCUT2D eigenvalue weighted by Crippen LogP contribution is -2.58.